The minimum atomic E-state index is -1.04. The van der Waals surface area contributed by atoms with E-state index in [9.17, 15) is 15.0 Å². The zero-order chi connectivity index (χ0) is 22.9. The van der Waals surface area contributed by atoms with Crippen LogP contribution in [0.15, 0.2) is 67.3 Å². The third-order valence-corrected chi connectivity index (χ3v) is 6.58. The van der Waals surface area contributed by atoms with Gasteiger partial charge in [-0.25, -0.2) is 4.68 Å². The number of rotatable bonds is 5. The van der Waals surface area contributed by atoms with Crippen LogP contribution >= 0.6 is 12.2 Å². The number of nitrogens with one attached hydrogen (secondary N) is 2. The highest BCUT2D eigenvalue weighted by atomic mass is 32.1. The number of thiocarbonyl (C=S) groups is 1. The summed E-state index contributed by atoms with van der Waals surface area (Å²) in [5.74, 6) is -0.784. The maximum Gasteiger partial charge on any atom is 0.225 e. The first-order valence-electron chi connectivity index (χ1n) is 10.8. The van der Waals surface area contributed by atoms with Crippen LogP contribution in [0.1, 0.15) is 12.0 Å². The molecule has 5 rings (SSSR count). The second-order valence-electron chi connectivity index (χ2n) is 8.28. The van der Waals surface area contributed by atoms with Crippen molar-refractivity contribution in [2.45, 2.75) is 37.3 Å². The Balaban J connectivity index is 1.41. The molecule has 0 unspecified atom stereocenters. The maximum atomic E-state index is 13.2. The Morgan fingerprint density at radius 2 is 1.94 bits per heavy atom. The number of aliphatic hydroxyl groups is 2. The minimum Gasteiger partial charge on any atom is -0.390 e. The molecule has 1 amide bonds. The number of amides is 1. The maximum absolute atomic E-state index is 13.2. The Morgan fingerprint density at radius 1 is 1.15 bits per heavy atom. The van der Waals surface area contributed by atoms with Crippen LogP contribution in [0.4, 0.5) is 5.69 Å². The molecule has 5 atom stereocenters. The number of fused-ring (bicyclic) bond motifs is 1. The summed E-state index contributed by atoms with van der Waals surface area (Å²) < 4.78 is 1.75. The molecule has 2 aromatic heterocycles. The van der Waals surface area contributed by atoms with E-state index < -0.39 is 30.2 Å². The highest BCUT2D eigenvalue weighted by molar-refractivity contribution is 7.80. The topological polar surface area (TPSA) is 116 Å². The number of aromatic nitrogens is 3. The van der Waals surface area contributed by atoms with Crippen molar-refractivity contribution in [1.82, 2.24) is 25.4 Å². The molecule has 2 aliphatic rings. The quantitative estimate of drug-likeness (QED) is 0.409. The summed E-state index contributed by atoms with van der Waals surface area (Å²) in [6, 6.07) is 12.2. The number of anilines is 1. The van der Waals surface area contributed by atoms with Gasteiger partial charge in [0.1, 0.15) is 6.10 Å². The smallest absolute Gasteiger partial charge is 0.225 e. The number of benzene rings is 1. The summed E-state index contributed by atoms with van der Waals surface area (Å²) in [7, 11) is 0. The van der Waals surface area contributed by atoms with Gasteiger partial charge in [-0.05, 0) is 60.6 Å². The molecule has 2 fully saturated rings. The lowest BCUT2D eigenvalue weighted by atomic mass is 9.77. The predicted molar refractivity (Wildman–Crippen MR) is 126 cm³/mol. The molecule has 1 aliphatic heterocycles. The van der Waals surface area contributed by atoms with Crippen molar-refractivity contribution < 1.29 is 15.0 Å². The molecular weight excluding hydrogens is 440 g/mol. The number of nitrogens with zero attached hydrogens (tertiary/aromatic N) is 4. The highest BCUT2D eigenvalue weighted by Gasteiger charge is 2.53. The van der Waals surface area contributed by atoms with E-state index in [1.54, 1.807) is 23.3 Å². The van der Waals surface area contributed by atoms with Gasteiger partial charge in [-0.15, -0.1) is 0 Å². The largest absolute Gasteiger partial charge is 0.390 e. The molecule has 0 bridgehead atoms. The average molecular weight is 465 g/mol. The van der Waals surface area contributed by atoms with Crippen LogP contribution < -0.4 is 15.5 Å². The highest BCUT2D eigenvalue weighted by Crippen LogP contribution is 2.37. The summed E-state index contributed by atoms with van der Waals surface area (Å²) in [6.45, 7) is 0.329. The van der Waals surface area contributed by atoms with E-state index in [-0.39, 0.29) is 12.3 Å². The van der Waals surface area contributed by atoms with Gasteiger partial charge in [0.15, 0.2) is 5.11 Å². The van der Waals surface area contributed by atoms with Crippen LogP contribution in [0.25, 0.3) is 5.69 Å². The third-order valence-electron chi connectivity index (χ3n) is 6.27. The summed E-state index contributed by atoms with van der Waals surface area (Å²) in [4.78, 5) is 19.2. The fraction of sp³-hybridized carbons (Fsp3) is 0.304. The Labute approximate surface area is 196 Å². The fourth-order valence-electron chi connectivity index (χ4n) is 4.65. The lowest BCUT2D eigenvalue weighted by molar-refractivity contribution is -0.131. The predicted octanol–water partition coefficient (Wildman–Crippen LogP) is 0.757. The molecule has 1 saturated carbocycles. The lowest BCUT2D eigenvalue weighted by Gasteiger charge is -2.41. The molecule has 3 aromatic rings. The lowest BCUT2D eigenvalue weighted by Crippen LogP contribution is -2.60. The molecule has 170 valence electrons. The van der Waals surface area contributed by atoms with Gasteiger partial charge < -0.3 is 25.7 Å². The van der Waals surface area contributed by atoms with E-state index in [0.717, 1.165) is 16.9 Å². The SMILES string of the molecule is O=C(NCc1cccnc1)[C@H]1C[C@@H](O)[C@H](O)[C@H]2NC(=S)N(c3ccc(-n4cccn4)cc3)[C@@H]21. The van der Waals surface area contributed by atoms with E-state index >= 15 is 0 Å². The fourth-order valence-corrected chi connectivity index (χ4v) is 5.01. The van der Waals surface area contributed by atoms with Crippen molar-refractivity contribution in [1.29, 1.82) is 0 Å². The molecular formula is C23H24N6O3S. The van der Waals surface area contributed by atoms with Crippen LogP contribution in [-0.2, 0) is 11.3 Å². The zero-order valence-electron chi connectivity index (χ0n) is 17.7. The van der Waals surface area contributed by atoms with Crippen LogP contribution in [0.5, 0.6) is 0 Å². The number of carbonyl (C=O) groups excluding carboxylic acids is 1. The Hall–Kier alpha value is -3.34. The molecule has 0 spiro atoms. The van der Waals surface area contributed by atoms with Crippen molar-refractivity contribution in [3.8, 4) is 5.69 Å². The molecule has 3 heterocycles. The van der Waals surface area contributed by atoms with E-state index in [1.165, 1.54) is 0 Å². The van der Waals surface area contributed by atoms with Crippen LogP contribution in [0, 0.1) is 5.92 Å². The Bertz CT molecular complexity index is 1120. The molecule has 10 heteroatoms. The third kappa shape index (κ3) is 4.08. The van der Waals surface area contributed by atoms with Gasteiger partial charge in [0.2, 0.25) is 5.91 Å². The number of hydrogen-bond donors (Lipinski definition) is 4. The number of carbonyl (C=O) groups is 1. The monoisotopic (exact) mass is 464 g/mol. The van der Waals surface area contributed by atoms with Crippen molar-refractivity contribution in [3.63, 3.8) is 0 Å². The van der Waals surface area contributed by atoms with E-state index in [0.29, 0.717) is 11.7 Å². The van der Waals surface area contributed by atoms with Crippen LogP contribution in [0.3, 0.4) is 0 Å². The van der Waals surface area contributed by atoms with Gasteiger partial charge >= 0.3 is 0 Å². The standard InChI is InChI=1S/C23H24N6O3S/c30-18-11-17(22(32)25-13-14-3-1-8-24-12-14)20-19(21(18)31)27-23(33)29(20)16-6-4-15(5-7-16)28-10-2-9-26-28/h1-10,12,17-21,30-31H,11,13H2,(H,25,32)(H,27,33)/t17-,18+,19-,20+,21-/m0/s1. The Morgan fingerprint density at radius 3 is 2.64 bits per heavy atom. The minimum absolute atomic E-state index is 0.132. The van der Waals surface area contributed by atoms with E-state index in [2.05, 4.69) is 20.7 Å². The normalized spacial score (nSPS) is 26.5. The van der Waals surface area contributed by atoms with Gasteiger partial charge in [0.05, 0.1) is 29.8 Å². The first kappa shape index (κ1) is 21.5. The van der Waals surface area contributed by atoms with Gasteiger partial charge in [-0.2, -0.15) is 5.10 Å². The van der Waals surface area contributed by atoms with Gasteiger partial charge in [0.25, 0.3) is 0 Å². The van der Waals surface area contributed by atoms with E-state index in [1.807, 2.05) is 53.6 Å². The number of aliphatic hydroxyl groups excluding tert-OH is 2. The van der Waals surface area contributed by atoms with Gasteiger partial charge in [-0.1, -0.05) is 6.07 Å². The summed E-state index contributed by atoms with van der Waals surface area (Å²) in [6.07, 6.45) is 5.00. The second kappa shape index (κ2) is 8.89. The number of hydrogen-bond acceptors (Lipinski definition) is 6. The average Bonchev–Trinajstić information content (AvgIpc) is 3.49. The molecule has 33 heavy (non-hydrogen) atoms. The second-order valence-corrected chi connectivity index (χ2v) is 8.67. The van der Waals surface area contributed by atoms with E-state index in [4.69, 9.17) is 12.2 Å². The summed E-state index contributed by atoms with van der Waals surface area (Å²) >= 11 is 5.59. The van der Waals surface area contributed by atoms with Gasteiger partial charge in [0, 0.05) is 37.0 Å². The zero-order valence-corrected chi connectivity index (χ0v) is 18.5. The molecule has 4 N–H and O–H groups in total. The van der Waals surface area contributed by atoms with Crippen LogP contribution in [-0.4, -0.2) is 60.3 Å². The van der Waals surface area contributed by atoms with Crippen LogP contribution in [0.2, 0.25) is 0 Å². The molecule has 0 radical (unpaired) electrons. The molecule has 1 aromatic carbocycles. The molecule has 1 aliphatic carbocycles. The molecule has 1 saturated heterocycles. The summed E-state index contributed by atoms with van der Waals surface area (Å²) in [5.41, 5.74) is 2.57. The first-order chi connectivity index (χ1) is 16.0. The van der Waals surface area contributed by atoms with Crippen molar-refractivity contribution in [3.05, 3.63) is 72.8 Å². The van der Waals surface area contributed by atoms with Crippen molar-refractivity contribution >= 4 is 28.9 Å². The van der Waals surface area contributed by atoms with Crippen molar-refractivity contribution in [2.75, 3.05) is 4.90 Å². The first-order valence-corrected chi connectivity index (χ1v) is 11.2. The van der Waals surface area contributed by atoms with Crippen molar-refractivity contribution in [2.24, 2.45) is 5.92 Å². The number of pyridine rings is 1. The molecule has 9 nitrogen and oxygen atoms in total. The summed E-state index contributed by atoms with van der Waals surface area (Å²) in [5, 5.41) is 31.8. The Kier molecular flexibility index (Phi) is 5.79. The van der Waals surface area contributed by atoms with Gasteiger partial charge in [-0.3, -0.25) is 9.78 Å².